The summed E-state index contributed by atoms with van der Waals surface area (Å²) in [5.41, 5.74) is 7.40. The van der Waals surface area contributed by atoms with Crippen molar-refractivity contribution in [3.8, 4) is 0 Å². The Morgan fingerprint density at radius 2 is 2.03 bits per heavy atom. The predicted octanol–water partition coefficient (Wildman–Crippen LogP) is 5.05. The predicted molar refractivity (Wildman–Crippen MR) is 120 cm³/mol. The minimum absolute atomic E-state index is 0.0630. The molecular weight excluding hydrogens is 386 g/mol. The summed E-state index contributed by atoms with van der Waals surface area (Å²) in [7, 11) is 0. The van der Waals surface area contributed by atoms with Crippen LogP contribution in [0.1, 0.15) is 47.6 Å². The first-order valence-electron chi connectivity index (χ1n) is 10.8. The number of hydrogen-bond donors (Lipinski definition) is 2. The van der Waals surface area contributed by atoms with Crippen molar-refractivity contribution in [3.63, 3.8) is 0 Å². The number of pyridine rings is 1. The monoisotopic (exact) mass is 409 g/mol. The number of nitrogens with zero attached hydrogens (tertiary/aromatic N) is 3. The molecule has 0 amide bonds. The van der Waals surface area contributed by atoms with Crippen molar-refractivity contribution in [1.29, 1.82) is 0 Å². The lowest BCUT2D eigenvalue weighted by molar-refractivity contribution is 0.387. The van der Waals surface area contributed by atoms with Crippen LogP contribution in [0.3, 0.4) is 0 Å². The second-order valence-corrected chi connectivity index (χ2v) is 8.20. The average molecular weight is 409 g/mol. The molecule has 31 heavy (non-hydrogen) atoms. The Kier molecular flexibility index (Phi) is 4.50. The summed E-state index contributed by atoms with van der Waals surface area (Å²) in [4.78, 5) is 17.3. The lowest BCUT2D eigenvalue weighted by atomic mass is 9.90. The Bertz CT molecular complexity index is 1320. The number of para-hydroxylation sites is 2. The van der Waals surface area contributed by atoms with E-state index in [2.05, 4.69) is 39.6 Å². The molecule has 5 aromatic rings. The van der Waals surface area contributed by atoms with Crippen LogP contribution < -0.4 is 5.32 Å². The van der Waals surface area contributed by atoms with Gasteiger partial charge in [0.25, 0.3) is 0 Å². The molecule has 2 atom stereocenters. The molecule has 2 N–H and O–H groups in total. The van der Waals surface area contributed by atoms with Gasteiger partial charge in [-0.2, -0.15) is 0 Å². The molecule has 1 aliphatic carbocycles. The van der Waals surface area contributed by atoms with Crippen LogP contribution in [0.15, 0.2) is 71.6 Å². The van der Waals surface area contributed by atoms with Gasteiger partial charge in [-0.15, -0.1) is 0 Å². The number of rotatable bonds is 5. The zero-order valence-corrected chi connectivity index (χ0v) is 17.1. The average Bonchev–Trinajstić information content (AvgIpc) is 3.44. The summed E-state index contributed by atoms with van der Waals surface area (Å²) in [6.45, 7) is 0. The lowest BCUT2D eigenvalue weighted by Gasteiger charge is -2.29. The highest BCUT2D eigenvalue weighted by Gasteiger charge is 2.26. The summed E-state index contributed by atoms with van der Waals surface area (Å²) < 4.78 is 5.58. The van der Waals surface area contributed by atoms with E-state index in [0.717, 1.165) is 59.2 Å². The number of H-pyrrole nitrogens is 1. The Morgan fingerprint density at radius 1 is 1.06 bits per heavy atom. The van der Waals surface area contributed by atoms with Crippen molar-refractivity contribution in [2.24, 2.45) is 0 Å². The molecule has 0 aliphatic heterocycles. The zero-order valence-electron chi connectivity index (χ0n) is 17.1. The third kappa shape index (κ3) is 3.49. The van der Waals surface area contributed by atoms with Crippen LogP contribution in [-0.2, 0) is 12.8 Å². The molecule has 0 radical (unpaired) electrons. The van der Waals surface area contributed by atoms with Gasteiger partial charge in [0.15, 0.2) is 12.0 Å². The Balaban J connectivity index is 1.37. The molecule has 6 heteroatoms. The fourth-order valence-corrected chi connectivity index (χ4v) is 4.67. The van der Waals surface area contributed by atoms with Gasteiger partial charge >= 0.3 is 0 Å². The third-order valence-electron chi connectivity index (χ3n) is 6.19. The van der Waals surface area contributed by atoms with Gasteiger partial charge in [-0.25, -0.2) is 9.97 Å². The van der Waals surface area contributed by atoms with E-state index in [-0.39, 0.29) is 12.1 Å². The maximum absolute atomic E-state index is 5.58. The minimum atomic E-state index is 0.0630. The molecule has 0 bridgehead atoms. The van der Waals surface area contributed by atoms with Gasteiger partial charge in [0.1, 0.15) is 11.3 Å². The summed E-state index contributed by atoms with van der Waals surface area (Å²) in [5.74, 6) is 0.966. The van der Waals surface area contributed by atoms with Crippen LogP contribution >= 0.6 is 0 Å². The molecule has 3 heterocycles. The molecular formula is C25H23N5O. The van der Waals surface area contributed by atoms with Crippen LogP contribution in [0.25, 0.3) is 22.1 Å². The molecule has 6 nitrogen and oxygen atoms in total. The molecule has 2 aromatic carbocycles. The van der Waals surface area contributed by atoms with E-state index in [1.807, 2.05) is 36.5 Å². The molecule has 6 rings (SSSR count). The molecule has 0 saturated heterocycles. The molecule has 0 saturated carbocycles. The summed E-state index contributed by atoms with van der Waals surface area (Å²) in [6.07, 6.45) is 7.47. The first kappa shape index (κ1) is 18.3. The standard InChI is InChI=1S/C25H23N5O/c1-2-8-19-18(7-1)29-24(30-19)14-22(17-10-11-20-23(13-17)31-15-27-20)28-21-9-3-5-16-6-4-12-26-25(16)21/h1-2,4,6-8,10-13,15,21-22,28H,3,5,9,14H2,(H,29,30). The number of benzene rings is 2. The van der Waals surface area contributed by atoms with E-state index >= 15 is 0 Å². The van der Waals surface area contributed by atoms with Crippen molar-refractivity contribution in [2.45, 2.75) is 37.8 Å². The normalized spacial score (nSPS) is 17.1. The topological polar surface area (TPSA) is 79.6 Å². The fraction of sp³-hybridized carbons (Fsp3) is 0.240. The van der Waals surface area contributed by atoms with E-state index in [1.165, 1.54) is 17.7 Å². The molecule has 1 aliphatic rings. The quantitative estimate of drug-likeness (QED) is 0.425. The zero-order chi connectivity index (χ0) is 20.6. The maximum atomic E-state index is 5.58. The third-order valence-corrected chi connectivity index (χ3v) is 6.19. The van der Waals surface area contributed by atoms with E-state index in [9.17, 15) is 0 Å². The highest BCUT2D eigenvalue weighted by atomic mass is 16.3. The SMILES string of the molecule is c1cnc2c(c1)CCCC2NC(Cc1nc2ccccc2[nH]1)c1ccc2ncoc2c1. The van der Waals surface area contributed by atoms with E-state index < -0.39 is 0 Å². The van der Waals surface area contributed by atoms with Gasteiger partial charge < -0.3 is 14.7 Å². The van der Waals surface area contributed by atoms with E-state index in [0.29, 0.717) is 0 Å². The van der Waals surface area contributed by atoms with Gasteiger partial charge in [-0.1, -0.05) is 24.3 Å². The first-order valence-corrected chi connectivity index (χ1v) is 10.8. The molecule has 0 fully saturated rings. The molecule has 0 spiro atoms. The van der Waals surface area contributed by atoms with Crippen LogP contribution in [0.4, 0.5) is 0 Å². The Hall–Kier alpha value is -3.51. The number of hydrogen-bond acceptors (Lipinski definition) is 5. The number of oxazole rings is 1. The number of aromatic amines is 1. The van der Waals surface area contributed by atoms with Crippen molar-refractivity contribution in [2.75, 3.05) is 0 Å². The maximum Gasteiger partial charge on any atom is 0.181 e. The second-order valence-electron chi connectivity index (χ2n) is 8.20. The summed E-state index contributed by atoms with van der Waals surface area (Å²) >= 11 is 0. The Labute approximate surface area is 179 Å². The van der Waals surface area contributed by atoms with Crippen LogP contribution in [0.2, 0.25) is 0 Å². The van der Waals surface area contributed by atoms with Gasteiger partial charge in [-0.3, -0.25) is 4.98 Å². The van der Waals surface area contributed by atoms with Gasteiger partial charge in [-0.05, 0) is 60.7 Å². The fourth-order valence-electron chi connectivity index (χ4n) is 4.67. The van der Waals surface area contributed by atoms with Crippen LogP contribution in [0, 0.1) is 0 Å². The smallest absolute Gasteiger partial charge is 0.181 e. The van der Waals surface area contributed by atoms with Crippen molar-refractivity contribution in [1.82, 2.24) is 25.3 Å². The highest BCUT2D eigenvalue weighted by molar-refractivity contribution is 5.75. The number of nitrogens with one attached hydrogen (secondary N) is 2. The summed E-state index contributed by atoms with van der Waals surface area (Å²) in [5, 5.41) is 3.89. The summed E-state index contributed by atoms with van der Waals surface area (Å²) in [6, 6.07) is 18.9. The lowest BCUT2D eigenvalue weighted by Crippen LogP contribution is -2.31. The second kappa shape index (κ2) is 7.63. The van der Waals surface area contributed by atoms with Gasteiger partial charge in [0.05, 0.1) is 22.8 Å². The van der Waals surface area contributed by atoms with Crippen LogP contribution in [0.5, 0.6) is 0 Å². The number of aryl methyl sites for hydroxylation is 1. The van der Waals surface area contributed by atoms with Gasteiger partial charge in [0, 0.05) is 18.7 Å². The minimum Gasteiger partial charge on any atom is -0.443 e. The molecule has 154 valence electrons. The molecule has 2 unspecified atom stereocenters. The largest absolute Gasteiger partial charge is 0.443 e. The number of aromatic nitrogens is 4. The Morgan fingerprint density at radius 3 is 3.00 bits per heavy atom. The van der Waals surface area contributed by atoms with Gasteiger partial charge in [0.2, 0.25) is 0 Å². The van der Waals surface area contributed by atoms with Crippen LogP contribution in [-0.4, -0.2) is 19.9 Å². The van der Waals surface area contributed by atoms with Crippen molar-refractivity contribution in [3.05, 3.63) is 89.8 Å². The van der Waals surface area contributed by atoms with Crippen molar-refractivity contribution < 1.29 is 4.42 Å². The number of fused-ring (bicyclic) bond motifs is 3. The van der Waals surface area contributed by atoms with E-state index in [1.54, 1.807) is 0 Å². The number of imidazole rings is 1. The van der Waals surface area contributed by atoms with E-state index in [4.69, 9.17) is 14.4 Å². The first-order chi connectivity index (χ1) is 15.3. The molecule has 3 aromatic heterocycles. The highest BCUT2D eigenvalue weighted by Crippen LogP contribution is 2.32. The van der Waals surface area contributed by atoms with Crippen molar-refractivity contribution >= 4 is 22.1 Å².